The summed E-state index contributed by atoms with van der Waals surface area (Å²) in [4.78, 5) is 28.5. The molecular weight excluding hydrogens is 484 g/mol. The van der Waals surface area contributed by atoms with Crippen LogP contribution in [0.4, 0.5) is 20.2 Å². The number of ether oxygens (including phenoxy) is 3. The number of pyridine rings is 1. The van der Waals surface area contributed by atoms with E-state index < -0.39 is 23.4 Å². The molecule has 0 aliphatic carbocycles. The normalized spacial score (nSPS) is 10.6. The predicted octanol–water partition coefficient (Wildman–Crippen LogP) is 5.68. The Balaban J connectivity index is 1.39. The lowest BCUT2D eigenvalue weighted by Crippen LogP contribution is -2.17. The van der Waals surface area contributed by atoms with E-state index in [1.54, 1.807) is 18.2 Å². The molecule has 0 saturated carbocycles. The first kappa shape index (κ1) is 25.4. The van der Waals surface area contributed by atoms with Crippen LogP contribution in [0.25, 0.3) is 10.9 Å². The van der Waals surface area contributed by atoms with Crippen molar-refractivity contribution in [2.45, 2.75) is 12.8 Å². The van der Waals surface area contributed by atoms with Crippen LogP contribution in [0.2, 0.25) is 0 Å². The predicted molar refractivity (Wildman–Crippen MR) is 134 cm³/mol. The van der Waals surface area contributed by atoms with Crippen molar-refractivity contribution >= 4 is 34.1 Å². The Morgan fingerprint density at radius 3 is 2.03 bits per heavy atom. The second kappa shape index (κ2) is 11.3. The zero-order chi connectivity index (χ0) is 26.4. The molecule has 0 fully saturated rings. The molecule has 0 atom stereocenters. The fourth-order valence-corrected chi connectivity index (χ4v) is 3.52. The van der Waals surface area contributed by atoms with Crippen LogP contribution < -0.4 is 24.8 Å². The first-order valence-corrected chi connectivity index (χ1v) is 11.2. The number of aromatic nitrogens is 1. The van der Waals surface area contributed by atoms with E-state index >= 15 is 0 Å². The van der Waals surface area contributed by atoms with Crippen molar-refractivity contribution in [1.29, 1.82) is 0 Å². The highest BCUT2D eigenvalue weighted by molar-refractivity contribution is 5.96. The number of halogens is 2. The molecule has 0 bridgehead atoms. The fraction of sp³-hybridized carbons (Fsp3) is 0.148. The Kier molecular flexibility index (Phi) is 7.77. The van der Waals surface area contributed by atoms with Crippen molar-refractivity contribution in [3.8, 4) is 23.0 Å². The minimum atomic E-state index is -0.697. The van der Waals surface area contributed by atoms with Gasteiger partial charge >= 0.3 is 0 Å². The Hall–Kier alpha value is -4.73. The molecule has 190 valence electrons. The van der Waals surface area contributed by atoms with Gasteiger partial charge in [0.05, 0.1) is 19.7 Å². The van der Waals surface area contributed by atoms with Crippen LogP contribution in [0.5, 0.6) is 23.0 Å². The van der Waals surface area contributed by atoms with Gasteiger partial charge in [-0.25, -0.2) is 8.78 Å². The molecule has 1 heterocycles. The maximum atomic E-state index is 14.8. The van der Waals surface area contributed by atoms with Gasteiger partial charge in [0.25, 0.3) is 0 Å². The number of carbonyl (C=O) groups is 2. The number of fused-ring (bicyclic) bond motifs is 1. The van der Waals surface area contributed by atoms with E-state index in [1.807, 2.05) is 0 Å². The lowest BCUT2D eigenvalue weighted by Gasteiger charge is -2.13. The molecule has 4 aromatic rings. The van der Waals surface area contributed by atoms with Crippen LogP contribution in [0, 0.1) is 11.6 Å². The van der Waals surface area contributed by atoms with Gasteiger partial charge in [-0.3, -0.25) is 14.6 Å². The second-order valence-corrected chi connectivity index (χ2v) is 7.88. The third-order valence-electron chi connectivity index (χ3n) is 5.35. The summed E-state index contributed by atoms with van der Waals surface area (Å²) in [5, 5.41) is 5.72. The molecule has 0 aliphatic heterocycles. The number of nitrogens with zero attached hydrogens (tertiary/aromatic N) is 1. The molecule has 10 heteroatoms. The largest absolute Gasteiger partial charge is 0.493 e. The van der Waals surface area contributed by atoms with Gasteiger partial charge in [0.2, 0.25) is 11.8 Å². The Morgan fingerprint density at radius 1 is 0.757 bits per heavy atom. The quantitative estimate of drug-likeness (QED) is 0.303. The van der Waals surface area contributed by atoms with Gasteiger partial charge in [0.15, 0.2) is 23.1 Å². The molecule has 4 rings (SSSR count). The Labute approximate surface area is 211 Å². The summed E-state index contributed by atoms with van der Waals surface area (Å²) in [6.45, 7) is 0. The molecule has 0 unspecified atom stereocenters. The Morgan fingerprint density at radius 2 is 1.38 bits per heavy atom. The molecule has 8 nitrogen and oxygen atoms in total. The number of carbonyl (C=O) groups excluding carboxylic acids is 2. The van der Waals surface area contributed by atoms with Crippen molar-refractivity contribution in [1.82, 2.24) is 4.98 Å². The first-order chi connectivity index (χ1) is 17.9. The lowest BCUT2D eigenvalue weighted by atomic mass is 10.1. The third-order valence-corrected chi connectivity index (χ3v) is 5.35. The number of amides is 2. The zero-order valence-corrected chi connectivity index (χ0v) is 20.0. The number of methoxy groups -OCH3 is 2. The van der Waals surface area contributed by atoms with Crippen molar-refractivity contribution in [3.05, 3.63) is 78.5 Å². The minimum Gasteiger partial charge on any atom is -0.493 e. The van der Waals surface area contributed by atoms with Crippen LogP contribution in [-0.2, 0) is 9.59 Å². The van der Waals surface area contributed by atoms with E-state index in [0.29, 0.717) is 33.8 Å². The highest BCUT2D eigenvalue weighted by atomic mass is 19.1. The number of hydrogen-bond acceptors (Lipinski definition) is 6. The molecule has 0 saturated heterocycles. The fourth-order valence-electron chi connectivity index (χ4n) is 3.52. The topological polar surface area (TPSA) is 98.8 Å². The van der Waals surface area contributed by atoms with E-state index in [-0.39, 0.29) is 24.3 Å². The van der Waals surface area contributed by atoms with E-state index in [1.165, 1.54) is 56.8 Å². The van der Waals surface area contributed by atoms with Gasteiger partial charge in [-0.2, -0.15) is 0 Å². The molecule has 0 aliphatic rings. The summed E-state index contributed by atoms with van der Waals surface area (Å²) in [5.74, 6) is -0.725. The summed E-state index contributed by atoms with van der Waals surface area (Å²) in [5.41, 5.74) is 1.20. The minimum absolute atomic E-state index is 0.0565. The summed E-state index contributed by atoms with van der Waals surface area (Å²) in [6.07, 6.45) is 1.31. The average molecular weight is 507 g/mol. The maximum Gasteiger partial charge on any atom is 0.224 e. The summed E-state index contributed by atoms with van der Waals surface area (Å²) in [6, 6.07) is 14.2. The monoisotopic (exact) mass is 507 g/mol. The standard InChI is InChI=1S/C27H23F2N3O5/c1-35-24-14-19-21(15-25(24)36-2)30-12-11-22(19)37-23-8-7-18(13-20(23)29)32-27(34)10-9-26(33)31-17-5-3-16(28)4-6-17/h3-8,11-15H,9-10H2,1-2H3,(H,31,33)(H,32,34). The average Bonchev–Trinajstić information content (AvgIpc) is 2.89. The molecule has 0 radical (unpaired) electrons. The van der Waals surface area contributed by atoms with Gasteiger partial charge in [-0.05, 0) is 48.5 Å². The van der Waals surface area contributed by atoms with Crippen LogP contribution >= 0.6 is 0 Å². The molecule has 3 aromatic carbocycles. The molecule has 2 N–H and O–H groups in total. The molecule has 37 heavy (non-hydrogen) atoms. The summed E-state index contributed by atoms with van der Waals surface area (Å²) >= 11 is 0. The van der Waals surface area contributed by atoms with Gasteiger partial charge in [0, 0.05) is 47.9 Å². The van der Waals surface area contributed by atoms with Gasteiger partial charge < -0.3 is 24.8 Å². The van der Waals surface area contributed by atoms with Gasteiger partial charge in [-0.1, -0.05) is 0 Å². The molecule has 0 spiro atoms. The van der Waals surface area contributed by atoms with Crippen LogP contribution in [0.1, 0.15) is 12.8 Å². The SMILES string of the molecule is COc1cc2nccc(Oc3ccc(NC(=O)CCC(=O)Nc4ccc(F)cc4)cc3F)c2cc1OC. The van der Waals surface area contributed by atoms with E-state index in [2.05, 4.69) is 15.6 Å². The number of benzene rings is 3. The number of hydrogen-bond donors (Lipinski definition) is 2. The highest BCUT2D eigenvalue weighted by Gasteiger charge is 2.14. The summed E-state index contributed by atoms with van der Waals surface area (Å²) < 4.78 is 44.2. The second-order valence-electron chi connectivity index (χ2n) is 7.88. The van der Waals surface area contributed by atoms with Crippen LogP contribution in [-0.4, -0.2) is 31.0 Å². The smallest absolute Gasteiger partial charge is 0.224 e. The first-order valence-electron chi connectivity index (χ1n) is 11.2. The van der Waals surface area contributed by atoms with Gasteiger partial charge in [-0.15, -0.1) is 0 Å². The summed E-state index contributed by atoms with van der Waals surface area (Å²) in [7, 11) is 3.02. The number of rotatable bonds is 9. The number of anilines is 2. The third kappa shape index (κ3) is 6.29. The molecular formula is C27H23F2N3O5. The van der Waals surface area contributed by atoms with E-state index in [4.69, 9.17) is 14.2 Å². The molecule has 2 amide bonds. The van der Waals surface area contributed by atoms with Crippen molar-refractivity contribution in [2.24, 2.45) is 0 Å². The lowest BCUT2D eigenvalue weighted by molar-refractivity contribution is -0.121. The van der Waals surface area contributed by atoms with Gasteiger partial charge in [0.1, 0.15) is 11.6 Å². The van der Waals surface area contributed by atoms with Crippen LogP contribution in [0.15, 0.2) is 66.9 Å². The van der Waals surface area contributed by atoms with E-state index in [9.17, 15) is 18.4 Å². The van der Waals surface area contributed by atoms with Crippen molar-refractivity contribution in [3.63, 3.8) is 0 Å². The van der Waals surface area contributed by atoms with E-state index in [0.717, 1.165) is 6.07 Å². The zero-order valence-electron chi connectivity index (χ0n) is 20.0. The maximum absolute atomic E-state index is 14.8. The molecule has 1 aromatic heterocycles. The number of nitrogens with one attached hydrogen (secondary N) is 2. The van der Waals surface area contributed by atoms with Crippen molar-refractivity contribution < 1.29 is 32.6 Å². The van der Waals surface area contributed by atoms with Crippen LogP contribution in [0.3, 0.4) is 0 Å². The highest BCUT2D eigenvalue weighted by Crippen LogP contribution is 2.37. The van der Waals surface area contributed by atoms with Crippen molar-refractivity contribution in [2.75, 3.05) is 24.9 Å². The Bertz CT molecular complexity index is 1440.